The molecule has 1 aromatic rings. The molecule has 2 N–H and O–H groups in total. The summed E-state index contributed by atoms with van der Waals surface area (Å²) in [5.74, 6) is -0.967. The summed E-state index contributed by atoms with van der Waals surface area (Å²) in [6, 6.07) is 7.11. The van der Waals surface area contributed by atoms with Crippen LogP contribution in [0.5, 0.6) is 0 Å². The van der Waals surface area contributed by atoms with Crippen LogP contribution in [0.15, 0.2) is 29.2 Å². The second kappa shape index (κ2) is 8.64. The summed E-state index contributed by atoms with van der Waals surface area (Å²) in [5.41, 5.74) is 1.17. The molecule has 1 rings (SSSR count). The Bertz CT molecular complexity index is 445. The maximum absolute atomic E-state index is 11.8. The minimum absolute atomic E-state index is 0.235. The van der Waals surface area contributed by atoms with Gasteiger partial charge in [0.1, 0.15) is 6.04 Å². The number of rotatable bonds is 8. The number of carbonyl (C=O) groups is 2. The van der Waals surface area contributed by atoms with Gasteiger partial charge in [-0.3, -0.25) is 4.79 Å². The Balaban J connectivity index is 2.41. The van der Waals surface area contributed by atoms with Crippen LogP contribution in [0.2, 0.25) is 0 Å². The highest BCUT2D eigenvalue weighted by molar-refractivity contribution is 8.00. The van der Waals surface area contributed by atoms with Gasteiger partial charge in [0.25, 0.3) is 0 Å². The van der Waals surface area contributed by atoms with Crippen LogP contribution in [-0.2, 0) is 9.59 Å². The van der Waals surface area contributed by atoms with Crippen molar-refractivity contribution >= 4 is 23.6 Å². The van der Waals surface area contributed by atoms with Crippen molar-refractivity contribution < 1.29 is 14.7 Å². The number of hydrogen-bond acceptors (Lipinski definition) is 3. The van der Waals surface area contributed by atoms with Crippen molar-refractivity contribution in [3.05, 3.63) is 29.8 Å². The number of nitrogens with one attached hydrogen (secondary N) is 1. The highest BCUT2D eigenvalue weighted by Crippen LogP contribution is 2.17. The molecule has 0 spiro atoms. The van der Waals surface area contributed by atoms with Crippen LogP contribution in [0, 0.1) is 6.92 Å². The Morgan fingerprint density at radius 3 is 2.50 bits per heavy atom. The molecule has 1 atom stereocenters. The zero-order valence-corrected chi connectivity index (χ0v) is 12.7. The molecule has 1 aromatic carbocycles. The molecular formula is C15H21NO3S. The van der Waals surface area contributed by atoms with E-state index in [2.05, 4.69) is 5.32 Å². The standard InChI is InChI=1S/C15H21NO3S/c1-3-4-5-13(15(18)19)16-14(17)10-20-12-8-6-11(2)7-9-12/h6-9,13H,3-5,10H2,1-2H3,(H,16,17)(H,18,19)/t13-/m0/s1. The fourth-order valence-corrected chi connectivity index (χ4v) is 2.39. The van der Waals surface area contributed by atoms with Crippen LogP contribution in [0.3, 0.4) is 0 Å². The van der Waals surface area contributed by atoms with E-state index in [9.17, 15) is 9.59 Å². The first kappa shape index (κ1) is 16.6. The van der Waals surface area contributed by atoms with Gasteiger partial charge in [-0.15, -0.1) is 11.8 Å². The number of unbranched alkanes of at least 4 members (excludes halogenated alkanes) is 1. The van der Waals surface area contributed by atoms with Crippen LogP contribution >= 0.6 is 11.8 Å². The van der Waals surface area contributed by atoms with Gasteiger partial charge in [-0.25, -0.2) is 4.79 Å². The van der Waals surface area contributed by atoms with E-state index in [4.69, 9.17) is 5.11 Å². The fraction of sp³-hybridized carbons (Fsp3) is 0.467. The molecule has 0 aliphatic carbocycles. The van der Waals surface area contributed by atoms with Crippen molar-refractivity contribution in [1.29, 1.82) is 0 Å². The maximum Gasteiger partial charge on any atom is 0.326 e. The topological polar surface area (TPSA) is 66.4 Å². The fourth-order valence-electron chi connectivity index (χ4n) is 1.69. The lowest BCUT2D eigenvalue weighted by Gasteiger charge is -2.13. The SMILES string of the molecule is CCCC[C@H](NC(=O)CSc1ccc(C)cc1)C(=O)O. The number of amides is 1. The minimum Gasteiger partial charge on any atom is -0.480 e. The monoisotopic (exact) mass is 295 g/mol. The van der Waals surface area contributed by atoms with Gasteiger partial charge in [-0.1, -0.05) is 37.5 Å². The van der Waals surface area contributed by atoms with E-state index >= 15 is 0 Å². The van der Waals surface area contributed by atoms with Gasteiger partial charge in [0, 0.05) is 4.90 Å². The zero-order valence-electron chi connectivity index (χ0n) is 11.9. The third-order valence-electron chi connectivity index (χ3n) is 2.87. The molecule has 0 bridgehead atoms. The number of benzene rings is 1. The maximum atomic E-state index is 11.8. The smallest absolute Gasteiger partial charge is 0.326 e. The molecule has 110 valence electrons. The summed E-state index contributed by atoms with van der Waals surface area (Å²) in [4.78, 5) is 23.8. The Morgan fingerprint density at radius 2 is 1.95 bits per heavy atom. The number of hydrogen-bond donors (Lipinski definition) is 2. The lowest BCUT2D eigenvalue weighted by Crippen LogP contribution is -2.41. The Morgan fingerprint density at radius 1 is 1.30 bits per heavy atom. The second-order valence-corrected chi connectivity index (χ2v) is 5.75. The Kier molecular flexibility index (Phi) is 7.15. The molecule has 5 heteroatoms. The number of thioether (sulfide) groups is 1. The van der Waals surface area contributed by atoms with Gasteiger partial charge in [0.05, 0.1) is 5.75 Å². The number of aliphatic carboxylic acids is 1. The van der Waals surface area contributed by atoms with Crippen LogP contribution in [-0.4, -0.2) is 28.8 Å². The highest BCUT2D eigenvalue weighted by atomic mass is 32.2. The van der Waals surface area contributed by atoms with Crippen LogP contribution in [0.4, 0.5) is 0 Å². The Labute approximate surface area is 124 Å². The molecular weight excluding hydrogens is 274 g/mol. The number of aryl methyl sites for hydroxylation is 1. The summed E-state index contributed by atoms with van der Waals surface area (Å²) in [6.07, 6.45) is 2.19. The summed E-state index contributed by atoms with van der Waals surface area (Å²) in [7, 11) is 0. The van der Waals surface area contributed by atoms with Crippen molar-refractivity contribution in [2.24, 2.45) is 0 Å². The second-order valence-electron chi connectivity index (χ2n) is 4.70. The van der Waals surface area contributed by atoms with Crippen molar-refractivity contribution in [3.63, 3.8) is 0 Å². The zero-order chi connectivity index (χ0) is 15.0. The predicted molar refractivity (Wildman–Crippen MR) is 81.0 cm³/mol. The van der Waals surface area contributed by atoms with Gasteiger partial charge >= 0.3 is 5.97 Å². The molecule has 0 radical (unpaired) electrons. The van der Waals surface area contributed by atoms with E-state index in [1.807, 2.05) is 38.1 Å². The molecule has 0 aliphatic rings. The van der Waals surface area contributed by atoms with Crippen molar-refractivity contribution in [2.45, 2.75) is 44.0 Å². The summed E-state index contributed by atoms with van der Waals surface area (Å²) in [6.45, 7) is 4.00. The molecule has 0 saturated heterocycles. The van der Waals surface area contributed by atoms with E-state index in [1.165, 1.54) is 17.3 Å². The van der Waals surface area contributed by atoms with Crippen molar-refractivity contribution in [2.75, 3.05) is 5.75 Å². The first-order chi connectivity index (χ1) is 9.52. The normalized spacial score (nSPS) is 11.9. The van der Waals surface area contributed by atoms with Gasteiger partial charge < -0.3 is 10.4 Å². The van der Waals surface area contributed by atoms with Crippen LogP contribution in [0.1, 0.15) is 31.7 Å². The first-order valence-electron chi connectivity index (χ1n) is 6.74. The van der Waals surface area contributed by atoms with Gasteiger partial charge in [0.2, 0.25) is 5.91 Å². The highest BCUT2D eigenvalue weighted by Gasteiger charge is 2.18. The van der Waals surface area contributed by atoms with Gasteiger partial charge in [-0.2, -0.15) is 0 Å². The average molecular weight is 295 g/mol. The third kappa shape index (κ3) is 6.10. The third-order valence-corrected chi connectivity index (χ3v) is 3.88. The lowest BCUT2D eigenvalue weighted by atomic mass is 10.1. The average Bonchev–Trinajstić information content (AvgIpc) is 2.42. The molecule has 4 nitrogen and oxygen atoms in total. The number of carbonyl (C=O) groups excluding carboxylic acids is 1. The van der Waals surface area contributed by atoms with E-state index < -0.39 is 12.0 Å². The van der Waals surface area contributed by atoms with Crippen molar-refractivity contribution in [3.8, 4) is 0 Å². The molecule has 0 aromatic heterocycles. The molecule has 0 fully saturated rings. The summed E-state index contributed by atoms with van der Waals surface area (Å²) < 4.78 is 0. The predicted octanol–water partition coefficient (Wildman–Crippen LogP) is 2.85. The number of carboxylic acid groups (broad SMARTS) is 1. The number of carboxylic acids is 1. The lowest BCUT2D eigenvalue weighted by molar-refractivity contribution is -0.141. The van der Waals surface area contributed by atoms with Gasteiger partial charge in [0.15, 0.2) is 0 Å². The quantitative estimate of drug-likeness (QED) is 0.724. The van der Waals surface area contributed by atoms with Gasteiger partial charge in [-0.05, 0) is 25.5 Å². The van der Waals surface area contributed by atoms with Crippen LogP contribution < -0.4 is 5.32 Å². The van der Waals surface area contributed by atoms with E-state index in [-0.39, 0.29) is 11.7 Å². The van der Waals surface area contributed by atoms with E-state index in [0.717, 1.165) is 17.7 Å². The summed E-state index contributed by atoms with van der Waals surface area (Å²) >= 11 is 1.41. The molecule has 0 heterocycles. The van der Waals surface area contributed by atoms with E-state index in [0.29, 0.717) is 6.42 Å². The summed E-state index contributed by atoms with van der Waals surface area (Å²) in [5, 5.41) is 11.6. The molecule has 0 unspecified atom stereocenters. The van der Waals surface area contributed by atoms with Crippen LogP contribution in [0.25, 0.3) is 0 Å². The van der Waals surface area contributed by atoms with Crippen molar-refractivity contribution in [1.82, 2.24) is 5.32 Å². The molecule has 1 amide bonds. The van der Waals surface area contributed by atoms with E-state index in [1.54, 1.807) is 0 Å². The first-order valence-corrected chi connectivity index (χ1v) is 7.73. The Hall–Kier alpha value is -1.49. The molecule has 0 saturated carbocycles. The molecule has 0 aliphatic heterocycles. The molecule has 20 heavy (non-hydrogen) atoms. The minimum atomic E-state index is -0.966. The largest absolute Gasteiger partial charge is 0.480 e.